The van der Waals surface area contributed by atoms with E-state index >= 15 is 0 Å². The summed E-state index contributed by atoms with van der Waals surface area (Å²) in [6, 6.07) is 0. The Hall–Kier alpha value is -1.39. The van der Waals surface area contributed by atoms with E-state index in [0.29, 0.717) is 12.2 Å². The predicted molar refractivity (Wildman–Crippen MR) is 52.8 cm³/mol. The monoisotopic (exact) mass is 196 g/mol. The van der Waals surface area contributed by atoms with E-state index in [2.05, 4.69) is 36.2 Å². The van der Waals surface area contributed by atoms with Crippen molar-refractivity contribution in [3.05, 3.63) is 11.9 Å². The lowest BCUT2D eigenvalue weighted by Gasteiger charge is -2.25. The van der Waals surface area contributed by atoms with Crippen LogP contribution in [0.5, 0.6) is 0 Å². The van der Waals surface area contributed by atoms with Crippen molar-refractivity contribution in [3.63, 3.8) is 0 Å². The summed E-state index contributed by atoms with van der Waals surface area (Å²) < 4.78 is 0. The lowest BCUT2D eigenvalue weighted by Crippen LogP contribution is -2.34. The van der Waals surface area contributed by atoms with Crippen LogP contribution in [0.15, 0.2) is 6.20 Å². The van der Waals surface area contributed by atoms with Crippen LogP contribution in [0.2, 0.25) is 0 Å². The van der Waals surface area contributed by atoms with E-state index in [4.69, 9.17) is 0 Å². The molecule has 0 fully saturated rings. The van der Waals surface area contributed by atoms with Gasteiger partial charge >= 0.3 is 0 Å². The smallest absolute Gasteiger partial charge is 0.275 e. The molecule has 1 rings (SSSR count). The van der Waals surface area contributed by atoms with Gasteiger partial charge in [-0.05, 0) is 5.41 Å². The first-order chi connectivity index (χ1) is 6.40. The molecule has 0 aromatic carbocycles. The van der Waals surface area contributed by atoms with Crippen LogP contribution in [0.1, 0.15) is 31.3 Å². The summed E-state index contributed by atoms with van der Waals surface area (Å²) in [5, 5.41) is 9.76. The standard InChI is InChI=1S/C9H16N4O/c1-9(2,3)6-13(4)8(14)7-5-10-12-11-7/h5H,6H2,1-4H3,(H,10,11,12). The summed E-state index contributed by atoms with van der Waals surface area (Å²) in [4.78, 5) is 13.3. The normalized spacial score (nSPS) is 11.4. The van der Waals surface area contributed by atoms with E-state index in [-0.39, 0.29) is 11.3 Å². The van der Waals surface area contributed by atoms with Crippen LogP contribution >= 0.6 is 0 Å². The van der Waals surface area contributed by atoms with Crippen molar-refractivity contribution in [1.82, 2.24) is 20.3 Å². The molecule has 0 unspecified atom stereocenters. The molecule has 1 N–H and O–H groups in total. The number of aromatic amines is 1. The van der Waals surface area contributed by atoms with Crippen LogP contribution < -0.4 is 0 Å². The van der Waals surface area contributed by atoms with Gasteiger partial charge in [-0.3, -0.25) is 4.79 Å². The molecule has 0 saturated carbocycles. The van der Waals surface area contributed by atoms with Crippen LogP contribution in [0.3, 0.4) is 0 Å². The molecule has 0 saturated heterocycles. The van der Waals surface area contributed by atoms with Crippen LogP contribution in [-0.2, 0) is 0 Å². The molecule has 0 spiro atoms. The van der Waals surface area contributed by atoms with Crippen molar-refractivity contribution in [2.24, 2.45) is 5.41 Å². The summed E-state index contributed by atoms with van der Waals surface area (Å²) >= 11 is 0. The number of amides is 1. The highest BCUT2D eigenvalue weighted by Crippen LogP contribution is 2.14. The van der Waals surface area contributed by atoms with Gasteiger partial charge in [0.2, 0.25) is 0 Å². The minimum absolute atomic E-state index is 0.0914. The Morgan fingerprint density at radius 2 is 2.21 bits per heavy atom. The molecule has 1 aromatic heterocycles. The topological polar surface area (TPSA) is 61.9 Å². The first-order valence-electron chi connectivity index (χ1n) is 4.51. The third-order valence-electron chi connectivity index (χ3n) is 1.69. The van der Waals surface area contributed by atoms with Gasteiger partial charge in [-0.25, -0.2) is 0 Å². The molecule has 14 heavy (non-hydrogen) atoms. The molecular weight excluding hydrogens is 180 g/mol. The highest BCUT2D eigenvalue weighted by Gasteiger charge is 2.20. The van der Waals surface area contributed by atoms with Gasteiger partial charge in [0.25, 0.3) is 5.91 Å². The molecule has 0 aliphatic rings. The van der Waals surface area contributed by atoms with Crippen molar-refractivity contribution in [1.29, 1.82) is 0 Å². The summed E-state index contributed by atoms with van der Waals surface area (Å²) in [5.41, 5.74) is 0.450. The number of aromatic nitrogens is 3. The number of nitrogens with one attached hydrogen (secondary N) is 1. The number of H-pyrrole nitrogens is 1. The molecule has 0 aliphatic heterocycles. The third-order valence-corrected chi connectivity index (χ3v) is 1.69. The number of carbonyl (C=O) groups excluding carboxylic acids is 1. The van der Waals surface area contributed by atoms with E-state index < -0.39 is 0 Å². The Balaban J connectivity index is 2.63. The van der Waals surface area contributed by atoms with Gasteiger partial charge in [-0.15, -0.1) is 0 Å². The van der Waals surface area contributed by atoms with E-state index in [1.807, 2.05) is 0 Å². The second-order valence-corrected chi connectivity index (χ2v) is 4.58. The molecule has 1 heterocycles. The SMILES string of the molecule is CN(CC(C)(C)C)C(=O)c1cn[nH]n1. The second-order valence-electron chi connectivity index (χ2n) is 4.58. The number of hydrogen-bond acceptors (Lipinski definition) is 3. The summed E-state index contributed by atoms with van der Waals surface area (Å²) in [5.74, 6) is -0.103. The number of carbonyl (C=O) groups is 1. The first-order valence-corrected chi connectivity index (χ1v) is 4.51. The zero-order valence-electron chi connectivity index (χ0n) is 9.03. The van der Waals surface area contributed by atoms with E-state index in [9.17, 15) is 4.79 Å². The quantitative estimate of drug-likeness (QED) is 0.765. The minimum Gasteiger partial charge on any atom is -0.340 e. The number of rotatable bonds is 2. The van der Waals surface area contributed by atoms with E-state index in [1.165, 1.54) is 6.20 Å². The highest BCUT2D eigenvalue weighted by molar-refractivity contribution is 5.91. The fraction of sp³-hybridized carbons (Fsp3) is 0.667. The Kier molecular flexibility index (Phi) is 2.88. The van der Waals surface area contributed by atoms with Gasteiger partial charge in [0.05, 0.1) is 6.20 Å². The Labute approximate surface area is 83.5 Å². The molecule has 78 valence electrons. The molecule has 0 radical (unpaired) electrons. The maximum Gasteiger partial charge on any atom is 0.275 e. The molecule has 0 aliphatic carbocycles. The van der Waals surface area contributed by atoms with Crippen molar-refractivity contribution in [2.45, 2.75) is 20.8 Å². The van der Waals surface area contributed by atoms with Crippen LogP contribution in [0.25, 0.3) is 0 Å². The predicted octanol–water partition coefficient (Wildman–Crippen LogP) is 0.923. The van der Waals surface area contributed by atoms with Gasteiger partial charge in [-0.2, -0.15) is 15.4 Å². The molecule has 5 heteroatoms. The maximum absolute atomic E-state index is 11.7. The minimum atomic E-state index is -0.103. The van der Waals surface area contributed by atoms with E-state index in [1.54, 1.807) is 11.9 Å². The first kappa shape index (κ1) is 10.7. The van der Waals surface area contributed by atoms with E-state index in [0.717, 1.165) is 0 Å². The van der Waals surface area contributed by atoms with Crippen LogP contribution in [0.4, 0.5) is 0 Å². The zero-order chi connectivity index (χ0) is 10.8. The van der Waals surface area contributed by atoms with Crippen molar-refractivity contribution in [3.8, 4) is 0 Å². The Bertz CT molecular complexity index is 299. The van der Waals surface area contributed by atoms with Gasteiger partial charge in [0.1, 0.15) is 0 Å². The molecule has 1 amide bonds. The Morgan fingerprint density at radius 1 is 1.57 bits per heavy atom. The lowest BCUT2D eigenvalue weighted by molar-refractivity contribution is 0.0740. The van der Waals surface area contributed by atoms with Gasteiger partial charge in [0.15, 0.2) is 5.69 Å². The molecule has 0 bridgehead atoms. The van der Waals surface area contributed by atoms with Gasteiger partial charge in [0, 0.05) is 13.6 Å². The zero-order valence-corrected chi connectivity index (χ0v) is 9.03. The largest absolute Gasteiger partial charge is 0.340 e. The van der Waals surface area contributed by atoms with Crippen molar-refractivity contribution >= 4 is 5.91 Å². The van der Waals surface area contributed by atoms with Gasteiger partial charge in [-0.1, -0.05) is 20.8 Å². The molecule has 0 atom stereocenters. The van der Waals surface area contributed by atoms with Crippen LogP contribution in [0, 0.1) is 5.41 Å². The third kappa shape index (κ3) is 2.83. The fourth-order valence-electron chi connectivity index (χ4n) is 1.28. The highest BCUT2D eigenvalue weighted by atomic mass is 16.2. The number of hydrogen-bond donors (Lipinski definition) is 1. The van der Waals surface area contributed by atoms with Crippen molar-refractivity contribution < 1.29 is 4.79 Å². The summed E-state index contributed by atoms with van der Waals surface area (Å²) in [6.07, 6.45) is 1.43. The lowest BCUT2D eigenvalue weighted by atomic mass is 9.96. The molecule has 5 nitrogen and oxygen atoms in total. The molecular formula is C9H16N4O. The molecule has 1 aromatic rings. The van der Waals surface area contributed by atoms with Crippen molar-refractivity contribution in [2.75, 3.05) is 13.6 Å². The second kappa shape index (κ2) is 3.77. The maximum atomic E-state index is 11.7. The summed E-state index contributed by atoms with van der Waals surface area (Å²) in [7, 11) is 1.77. The summed E-state index contributed by atoms with van der Waals surface area (Å²) in [6.45, 7) is 6.94. The fourth-order valence-corrected chi connectivity index (χ4v) is 1.28. The average molecular weight is 196 g/mol. The van der Waals surface area contributed by atoms with Gasteiger partial charge < -0.3 is 4.90 Å². The average Bonchev–Trinajstić information content (AvgIpc) is 2.51. The number of nitrogens with zero attached hydrogens (tertiary/aromatic N) is 3. The van der Waals surface area contributed by atoms with Crippen LogP contribution in [-0.4, -0.2) is 39.8 Å². The Morgan fingerprint density at radius 3 is 2.64 bits per heavy atom.